The van der Waals surface area contributed by atoms with Gasteiger partial charge in [-0.2, -0.15) is 0 Å². The topological polar surface area (TPSA) is 82.2 Å². The molecule has 5 nitrogen and oxygen atoms in total. The zero-order valence-corrected chi connectivity index (χ0v) is 12.7. The largest absolute Gasteiger partial charge is 0.477 e. The van der Waals surface area contributed by atoms with Gasteiger partial charge in [0.2, 0.25) is 5.91 Å². The van der Waals surface area contributed by atoms with Crippen LogP contribution in [0.3, 0.4) is 0 Å². The second-order valence-corrected chi connectivity index (χ2v) is 6.03. The number of aromatic carboxylic acids is 1. The van der Waals surface area contributed by atoms with Crippen molar-refractivity contribution in [2.24, 2.45) is 5.92 Å². The zero-order valence-electron chi connectivity index (χ0n) is 12.7. The number of carboxylic acid groups (broad SMARTS) is 1. The van der Waals surface area contributed by atoms with Crippen LogP contribution in [0.25, 0.3) is 10.9 Å². The molecule has 1 aliphatic rings. The third kappa shape index (κ3) is 3.21. The number of hydrogen-bond donors (Lipinski definition) is 3. The SMILES string of the molecule is O=C(O)c1[nH]c2ccc(F)cc2c1CNC(=O)C1CCCCC1. The van der Waals surface area contributed by atoms with E-state index in [-0.39, 0.29) is 24.1 Å². The molecule has 23 heavy (non-hydrogen) atoms. The summed E-state index contributed by atoms with van der Waals surface area (Å²) >= 11 is 0. The van der Waals surface area contributed by atoms with Gasteiger partial charge < -0.3 is 15.4 Å². The molecule has 0 spiro atoms. The smallest absolute Gasteiger partial charge is 0.352 e. The van der Waals surface area contributed by atoms with Crippen LogP contribution in [0.4, 0.5) is 4.39 Å². The number of benzene rings is 1. The quantitative estimate of drug-likeness (QED) is 0.809. The van der Waals surface area contributed by atoms with Crippen LogP contribution in [0.5, 0.6) is 0 Å². The molecule has 0 atom stereocenters. The number of carbonyl (C=O) groups is 2. The number of carbonyl (C=O) groups excluding carboxylic acids is 1. The molecule has 122 valence electrons. The molecular weight excluding hydrogens is 299 g/mol. The zero-order chi connectivity index (χ0) is 16.4. The monoisotopic (exact) mass is 318 g/mol. The molecule has 1 heterocycles. The average Bonchev–Trinajstić information content (AvgIpc) is 2.91. The first kappa shape index (κ1) is 15.5. The highest BCUT2D eigenvalue weighted by Crippen LogP contribution is 2.26. The van der Waals surface area contributed by atoms with Gasteiger partial charge in [0, 0.05) is 28.9 Å². The fourth-order valence-electron chi connectivity index (χ4n) is 3.27. The third-order valence-electron chi connectivity index (χ3n) is 4.50. The summed E-state index contributed by atoms with van der Waals surface area (Å²) in [7, 11) is 0. The standard InChI is InChI=1S/C17H19FN2O3/c18-11-6-7-14-12(8-11)13(15(20-14)17(22)23)9-19-16(21)10-4-2-1-3-5-10/h6-8,10,20H,1-5,9H2,(H,19,21)(H,22,23). The average molecular weight is 318 g/mol. The molecule has 2 aromatic rings. The Bertz CT molecular complexity index is 748. The summed E-state index contributed by atoms with van der Waals surface area (Å²) < 4.78 is 13.5. The highest BCUT2D eigenvalue weighted by Gasteiger charge is 2.23. The Morgan fingerprint density at radius 3 is 2.70 bits per heavy atom. The second kappa shape index (κ2) is 6.40. The summed E-state index contributed by atoms with van der Waals surface area (Å²) in [5, 5.41) is 12.6. The molecule has 1 fully saturated rings. The minimum Gasteiger partial charge on any atom is -0.477 e. The molecule has 1 aromatic carbocycles. The van der Waals surface area contributed by atoms with Gasteiger partial charge in [0.15, 0.2) is 0 Å². The Balaban J connectivity index is 1.83. The number of nitrogens with one attached hydrogen (secondary N) is 2. The first-order valence-electron chi connectivity index (χ1n) is 7.87. The van der Waals surface area contributed by atoms with Gasteiger partial charge in [0.1, 0.15) is 11.5 Å². The lowest BCUT2D eigenvalue weighted by Gasteiger charge is -2.20. The molecule has 1 aliphatic carbocycles. The number of H-pyrrole nitrogens is 1. The Morgan fingerprint density at radius 2 is 2.00 bits per heavy atom. The molecule has 1 aromatic heterocycles. The Kier molecular flexibility index (Phi) is 4.32. The van der Waals surface area contributed by atoms with E-state index in [0.717, 1.165) is 32.1 Å². The number of amides is 1. The Labute approximate surface area is 132 Å². The van der Waals surface area contributed by atoms with E-state index in [9.17, 15) is 19.1 Å². The third-order valence-corrected chi connectivity index (χ3v) is 4.50. The van der Waals surface area contributed by atoms with E-state index in [4.69, 9.17) is 0 Å². The molecule has 3 rings (SSSR count). The molecule has 1 saturated carbocycles. The van der Waals surface area contributed by atoms with Crippen LogP contribution in [0.2, 0.25) is 0 Å². The van der Waals surface area contributed by atoms with Crippen molar-refractivity contribution >= 4 is 22.8 Å². The fourth-order valence-corrected chi connectivity index (χ4v) is 3.27. The van der Waals surface area contributed by atoms with Crippen LogP contribution in [0.1, 0.15) is 48.2 Å². The van der Waals surface area contributed by atoms with Gasteiger partial charge in [-0.05, 0) is 31.0 Å². The van der Waals surface area contributed by atoms with Crippen LogP contribution in [-0.2, 0) is 11.3 Å². The second-order valence-electron chi connectivity index (χ2n) is 6.03. The van der Waals surface area contributed by atoms with Gasteiger partial charge in [-0.3, -0.25) is 4.79 Å². The molecule has 0 unspecified atom stereocenters. The molecule has 0 aliphatic heterocycles. The van der Waals surface area contributed by atoms with E-state index in [0.29, 0.717) is 16.5 Å². The van der Waals surface area contributed by atoms with E-state index in [2.05, 4.69) is 10.3 Å². The lowest BCUT2D eigenvalue weighted by atomic mass is 9.88. The summed E-state index contributed by atoms with van der Waals surface area (Å²) in [6.45, 7) is 0.0837. The van der Waals surface area contributed by atoms with Gasteiger partial charge in [-0.25, -0.2) is 9.18 Å². The van der Waals surface area contributed by atoms with Crippen LogP contribution in [0.15, 0.2) is 18.2 Å². The molecule has 1 amide bonds. The number of fused-ring (bicyclic) bond motifs is 1. The van der Waals surface area contributed by atoms with Crippen molar-refractivity contribution < 1.29 is 19.1 Å². The van der Waals surface area contributed by atoms with Crippen molar-refractivity contribution in [1.29, 1.82) is 0 Å². The number of aromatic nitrogens is 1. The molecule has 0 bridgehead atoms. The van der Waals surface area contributed by atoms with Gasteiger partial charge in [0.25, 0.3) is 0 Å². The van der Waals surface area contributed by atoms with Crippen LogP contribution < -0.4 is 5.32 Å². The number of halogens is 1. The number of rotatable bonds is 4. The summed E-state index contributed by atoms with van der Waals surface area (Å²) in [4.78, 5) is 26.4. The van der Waals surface area contributed by atoms with Crippen molar-refractivity contribution in [3.63, 3.8) is 0 Å². The maximum absolute atomic E-state index is 13.5. The highest BCUT2D eigenvalue weighted by molar-refractivity contribution is 5.97. The summed E-state index contributed by atoms with van der Waals surface area (Å²) in [5.74, 6) is -1.61. The predicted octanol–water partition coefficient (Wildman–Crippen LogP) is 3.20. The van der Waals surface area contributed by atoms with Gasteiger partial charge in [-0.15, -0.1) is 0 Å². The van der Waals surface area contributed by atoms with E-state index in [1.54, 1.807) is 0 Å². The van der Waals surface area contributed by atoms with Gasteiger partial charge >= 0.3 is 5.97 Å². The Hall–Kier alpha value is -2.37. The molecular formula is C17H19FN2O3. The van der Waals surface area contributed by atoms with Gasteiger partial charge in [0.05, 0.1) is 0 Å². The maximum atomic E-state index is 13.5. The van der Waals surface area contributed by atoms with E-state index in [1.165, 1.54) is 18.2 Å². The Morgan fingerprint density at radius 1 is 1.26 bits per heavy atom. The molecule has 3 N–H and O–H groups in total. The number of aromatic amines is 1. The normalized spacial score (nSPS) is 15.7. The molecule has 0 saturated heterocycles. The fraction of sp³-hybridized carbons (Fsp3) is 0.412. The lowest BCUT2D eigenvalue weighted by molar-refractivity contribution is -0.126. The van der Waals surface area contributed by atoms with Crippen molar-refractivity contribution in [3.05, 3.63) is 35.3 Å². The maximum Gasteiger partial charge on any atom is 0.352 e. The molecule has 0 radical (unpaired) electrons. The van der Waals surface area contributed by atoms with Crippen molar-refractivity contribution in [1.82, 2.24) is 10.3 Å². The number of hydrogen-bond acceptors (Lipinski definition) is 2. The van der Waals surface area contributed by atoms with Gasteiger partial charge in [-0.1, -0.05) is 19.3 Å². The predicted molar refractivity (Wildman–Crippen MR) is 83.6 cm³/mol. The van der Waals surface area contributed by atoms with E-state index in [1.807, 2.05) is 0 Å². The summed E-state index contributed by atoms with van der Waals surface area (Å²) in [6.07, 6.45) is 5.02. The first-order valence-corrected chi connectivity index (χ1v) is 7.87. The first-order chi connectivity index (χ1) is 11.1. The summed E-state index contributed by atoms with van der Waals surface area (Å²) in [5.41, 5.74) is 0.955. The lowest BCUT2D eigenvalue weighted by Crippen LogP contribution is -2.31. The van der Waals surface area contributed by atoms with Crippen molar-refractivity contribution in [2.45, 2.75) is 38.6 Å². The van der Waals surface area contributed by atoms with Crippen molar-refractivity contribution in [2.75, 3.05) is 0 Å². The molecule has 6 heteroatoms. The van der Waals surface area contributed by atoms with Crippen LogP contribution >= 0.6 is 0 Å². The van der Waals surface area contributed by atoms with E-state index >= 15 is 0 Å². The van der Waals surface area contributed by atoms with Crippen LogP contribution in [0, 0.1) is 11.7 Å². The van der Waals surface area contributed by atoms with E-state index < -0.39 is 11.8 Å². The summed E-state index contributed by atoms with van der Waals surface area (Å²) in [6, 6.07) is 4.07. The number of carboxylic acids is 1. The minimum atomic E-state index is -1.12. The minimum absolute atomic E-state index is 0.000954. The van der Waals surface area contributed by atoms with Crippen LogP contribution in [-0.4, -0.2) is 22.0 Å². The van der Waals surface area contributed by atoms with Crippen molar-refractivity contribution in [3.8, 4) is 0 Å². The highest BCUT2D eigenvalue weighted by atomic mass is 19.1.